The molecule has 1 unspecified atom stereocenters. The number of aryl methyl sites for hydroxylation is 2. The van der Waals surface area contributed by atoms with Crippen molar-refractivity contribution in [1.29, 1.82) is 0 Å². The predicted octanol–water partition coefficient (Wildman–Crippen LogP) is 3.40. The Morgan fingerprint density at radius 3 is 2.50 bits per heavy atom. The lowest BCUT2D eigenvalue weighted by Gasteiger charge is -2.17. The number of benzene rings is 2. The molecule has 0 aliphatic rings. The summed E-state index contributed by atoms with van der Waals surface area (Å²) in [6.45, 7) is 1.99. The lowest BCUT2D eigenvalue weighted by Crippen LogP contribution is -2.30. The average Bonchev–Trinajstić information content (AvgIpc) is 2.53. The van der Waals surface area contributed by atoms with E-state index in [9.17, 15) is 14.0 Å². The van der Waals surface area contributed by atoms with Crippen LogP contribution in [-0.4, -0.2) is 17.0 Å². The molecule has 0 radical (unpaired) electrons. The monoisotopic (exact) mass is 329 g/mol. The second kappa shape index (κ2) is 8.24. The lowest BCUT2D eigenvalue weighted by atomic mass is 10.0. The number of nitrogens with one attached hydrogen (secondary N) is 1. The zero-order valence-electron chi connectivity index (χ0n) is 13.5. The van der Waals surface area contributed by atoms with Gasteiger partial charge in [-0.3, -0.25) is 9.59 Å². The van der Waals surface area contributed by atoms with Crippen molar-refractivity contribution in [2.24, 2.45) is 0 Å². The molecular weight excluding hydrogens is 309 g/mol. The SMILES string of the molecule is Cc1cccc(CCC(=O)NC(CC(=O)O)c2ccc(F)cc2)c1. The first-order valence-corrected chi connectivity index (χ1v) is 7.76. The van der Waals surface area contributed by atoms with Gasteiger partial charge in [-0.25, -0.2) is 4.39 Å². The van der Waals surface area contributed by atoms with Crippen molar-refractivity contribution in [3.05, 3.63) is 71.0 Å². The number of hydrogen-bond acceptors (Lipinski definition) is 2. The first-order chi connectivity index (χ1) is 11.4. The van der Waals surface area contributed by atoms with Gasteiger partial charge in [0, 0.05) is 6.42 Å². The highest BCUT2D eigenvalue weighted by molar-refractivity contribution is 5.78. The van der Waals surface area contributed by atoms with Crippen LogP contribution >= 0.6 is 0 Å². The van der Waals surface area contributed by atoms with Crippen molar-refractivity contribution in [3.8, 4) is 0 Å². The molecule has 0 saturated carbocycles. The van der Waals surface area contributed by atoms with Crippen LogP contribution < -0.4 is 5.32 Å². The van der Waals surface area contributed by atoms with E-state index < -0.39 is 17.8 Å². The summed E-state index contributed by atoms with van der Waals surface area (Å²) in [5, 5.41) is 11.8. The number of halogens is 1. The molecule has 0 aliphatic heterocycles. The summed E-state index contributed by atoms with van der Waals surface area (Å²) in [6.07, 6.45) is 0.597. The number of rotatable bonds is 7. The summed E-state index contributed by atoms with van der Waals surface area (Å²) in [7, 11) is 0. The van der Waals surface area contributed by atoms with Crippen molar-refractivity contribution >= 4 is 11.9 Å². The highest BCUT2D eigenvalue weighted by Crippen LogP contribution is 2.18. The summed E-state index contributed by atoms with van der Waals surface area (Å²) >= 11 is 0. The number of carboxylic acid groups (broad SMARTS) is 1. The van der Waals surface area contributed by atoms with Gasteiger partial charge in [0.25, 0.3) is 0 Å². The highest BCUT2D eigenvalue weighted by atomic mass is 19.1. The number of amides is 1. The van der Waals surface area contributed by atoms with E-state index in [1.165, 1.54) is 24.3 Å². The van der Waals surface area contributed by atoms with E-state index >= 15 is 0 Å². The summed E-state index contributed by atoms with van der Waals surface area (Å²) in [4.78, 5) is 23.2. The Morgan fingerprint density at radius 2 is 1.88 bits per heavy atom. The second-order valence-corrected chi connectivity index (χ2v) is 5.76. The van der Waals surface area contributed by atoms with E-state index in [1.54, 1.807) is 0 Å². The predicted molar refractivity (Wildman–Crippen MR) is 89.0 cm³/mol. The van der Waals surface area contributed by atoms with Gasteiger partial charge in [0.2, 0.25) is 5.91 Å². The Kier molecular flexibility index (Phi) is 6.07. The third-order valence-corrected chi connectivity index (χ3v) is 3.71. The maximum atomic E-state index is 13.0. The Morgan fingerprint density at radius 1 is 1.17 bits per heavy atom. The molecule has 0 spiro atoms. The highest BCUT2D eigenvalue weighted by Gasteiger charge is 2.18. The van der Waals surface area contributed by atoms with Gasteiger partial charge in [0.1, 0.15) is 5.82 Å². The Balaban J connectivity index is 1.99. The van der Waals surface area contributed by atoms with Crippen molar-refractivity contribution in [2.75, 3.05) is 0 Å². The molecule has 0 fully saturated rings. The molecule has 0 aliphatic carbocycles. The topological polar surface area (TPSA) is 66.4 Å². The van der Waals surface area contributed by atoms with Gasteiger partial charge in [0.05, 0.1) is 12.5 Å². The molecule has 0 heterocycles. The molecule has 5 heteroatoms. The lowest BCUT2D eigenvalue weighted by molar-refractivity contribution is -0.137. The molecule has 1 amide bonds. The van der Waals surface area contributed by atoms with Crippen molar-refractivity contribution in [2.45, 2.75) is 32.2 Å². The van der Waals surface area contributed by atoms with Crippen LogP contribution in [0.25, 0.3) is 0 Å². The Labute approximate surface area is 140 Å². The normalized spacial score (nSPS) is 11.8. The van der Waals surface area contributed by atoms with Gasteiger partial charge in [-0.15, -0.1) is 0 Å². The molecule has 126 valence electrons. The molecule has 2 aromatic carbocycles. The van der Waals surface area contributed by atoms with Gasteiger partial charge >= 0.3 is 5.97 Å². The van der Waals surface area contributed by atoms with E-state index in [0.29, 0.717) is 12.0 Å². The van der Waals surface area contributed by atoms with Crippen LogP contribution in [0.15, 0.2) is 48.5 Å². The first-order valence-electron chi connectivity index (χ1n) is 7.76. The van der Waals surface area contributed by atoms with E-state index in [0.717, 1.165) is 11.1 Å². The smallest absolute Gasteiger partial charge is 0.305 e. The van der Waals surface area contributed by atoms with Gasteiger partial charge in [-0.2, -0.15) is 0 Å². The molecule has 2 aromatic rings. The average molecular weight is 329 g/mol. The zero-order valence-corrected chi connectivity index (χ0v) is 13.5. The minimum Gasteiger partial charge on any atom is -0.481 e. The first kappa shape index (κ1) is 17.7. The van der Waals surface area contributed by atoms with Gasteiger partial charge in [0.15, 0.2) is 0 Å². The minimum atomic E-state index is -1.02. The number of carbonyl (C=O) groups excluding carboxylic acids is 1. The maximum absolute atomic E-state index is 13.0. The maximum Gasteiger partial charge on any atom is 0.305 e. The summed E-state index contributed by atoms with van der Waals surface area (Å²) in [6, 6.07) is 12.7. The van der Waals surface area contributed by atoms with Crippen LogP contribution in [0, 0.1) is 12.7 Å². The fourth-order valence-corrected chi connectivity index (χ4v) is 2.51. The number of hydrogen-bond donors (Lipinski definition) is 2. The van der Waals surface area contributed by atoms with Gasteiger partial charge in [-0.05, 0) is 36.6 Å². The van der Waals surface area contributed by atoms with Crippen molar-refractivity contribution < 1.29 is 19.1 Å². The van der Waals surface area contributed by atoms with E-state index in [-0.39, 0.29) is 18.7 Å². The molecular formula is C19H20FNO3. The van der Waals surface area contributed by atoms with E-state index in [1.807, 2.05) is 31.2 Å². The van der Waals surface area contributed by atoms with E-state index in [4.69, 9.17) is 5.11 Å². The fourth-order valence-electron chi connectivity index (χ4n) is 2.51. The largest absolute Gasteiger partial charge is 0.481 e. The van der Waals surface area contributed by atoms with Crippen molar-refractivity contribution in [1.82, 2.24) is 5.32 Å². The summed E-state index contributed by atoms with van der Waals surface area (Å²) in [5.74, 6) is -1.66. The molecule has 2 rings (SSSR count). The Bertz CT molecular complexity index is 713. The summed E-state index contributed by atoms with van der Waals surface area (Å²) < 4.78 is 13.0. The molecule has 2 N–H and O–H groups in total. The quantitative estimate of drug-likeness (QED) is 0.818. The van der Waals surface area contributed by atoms with Crippen LogP contribution in [-0.2, 0) is 16.0 Å². The fraction of sp³-hybridized carbons (Fsp3) is 0.263. The van der Waals surface area contributed by atoms with Crippen molar-refractivity contribution in [3.63, 3.8) is 0 Å². The van der Waals surface area contributed by atoms with Gasteiger partial charge in [-0.1, -0.05) is 42.0 Å². The minimum absolute atomic E-state index is 0.230. The third-order valence-electron chi connectivity index (χ3n) is 3.71. The number of carboxylic acids is 1. The molecule has 0 saturated heterocycles. The van der Waals surface area contributed by atoms with Crippen LogP contribution in [0.5, 0.6) is 0 Å². The molecule has 1 atom stereocenters. The number of carbonyl (C=O) groups is 2. The molecule has 24 heavy (non-hydrogen) atoms. The third kappa shape index (κ3) is 5.50. The Hall–Kier alpha value is -2.69. The molecule has 0 bridgehead atoms. The van der Waals surface area contributed by atoms with Crippen LogP contribution in [0.2, 0.25) is 0 Å². The standard InChI is InChI=1S/C19H20FNO3/c1-13-3-2-4-14(11-13)5-10-18(22)21-17(12-19(23)24)15-6-8-16(20)9-7-15/h2-4,6-9,11,17H,5,10,12H2,1H3,(H,21,22)(H,23,24). The van der Waals surface area contributed by atoms with Crippen LogP contribution in [0.3, 0.4) is 0 Å². The van der Waals surface area contributed by atoms with Gasteiger partial charge < -0.3 is 10.4 Å². The second-order valence-electron chi connectivity index (χ2n) is 5.76. The molecule has 0 aromatic heterocycles. The zero-order chi connectivity index (χ0) is 17.5. The number of aliphatic carboxylic acids is 1. The molecule has 4 nitrogen and oxygen atoms in total. The summed E-state index contributed by atoms with van der Waals surface area (Å²) in [5.41, 5.74) is 2.76. The van der Waals surface area contributed by atoms with Crippen LogP contribution in [0.4, 0.5) is 4.39 Å². The van der Waals surface area contributed by atoms with E-state index in [2.05, 4.69) is 5.32 Å². The van der Waals surface area contributed by atoms with Crippen LogP contribution in [0.1, 0.15) is 35.6 Å².